The first kappa shape index (κ1) is 40.9. The minimum absolute atomic E-state index is 0.192. The van der Waals surface area contributed by atoms with E-state index in [2.05, 4.69) is 36.3 Å². The van der Waals surface area contributed by atoms with Gasteiger partial charge in [-0.1, -0.05) is 101 Å². The SMILES string of the molecule is C[C@]12CC[C@H](C3CCCCC3)C[C@@]1(OC(=O)C(=O)O[C@]13CC[C@H](C=CC=NOCCN)[C@@]1(C)CC[C@H](C1CCCCC1)C3)CC[C@@H]2C=CC=NOCCN. The standard InChI is InChI=1S/C44H70N4O6/c1-41-21-17-35(33-11-5-3-6-12-33)31-43(41,23-19-37(41)15-9-27-47-51-29-25-45)53-39(49)40(50)54-44-24-20-38(16-10-28-48-52-30-26-46)42(44,2)22-18-36(32-44)34-13-7-4-8-14-34/h9-10,15-16,27-28,33-38H,3-8,11-14,17-26,29-32,45-46H2,1-2H3/t35-,36-,37-,38-,41+,42+,43-,44-/m0/s1. The van der Waals surface area contributed by atoms with E-state index in [9.17, 15) is 9.59 Å². The van der Waals surface area contributed by atoms with Gasteiger partial charge in [0.1, 0.15) is 24.4 Å². The molecule has 6 fully saturated rings. The largest absolute Gasteiger partial charge is 0.450 e. The predicted octanol–water partition coefficient (Wildman–Crippen LogP) is 8.18. The Morgan fingerprint density at radius 2 is 0.981 bits per heavy atom. The molecule has 8 atom stereocenters. The zero-order valence-electron chi connectivity index (χ0n) is 33.4. The molecule has 0 aromatic heterocycles. The zero-order valence-corrected chi connectivity index (χ0v) is 33.4. The van der Waals surface area contributed by atoms with Crippen LogP contribution in [0, 0.1) is 46.3 Å². The van der Waals surface area contributed by atoms with Gasteiger partial charge in [-0.15, -0.1) is 0 Å². The quantitative estimate of drug-likeness (QED) is 0.0594. The van der Waals surface area contributed by atoms with E-state index < -0.39 is 23.1 Å². The van der Waals surface area contributed by atoms with E-state index in [0.717, 1.165) is 64.2 Å². The number of fused-ring (bicyclic) bond motifs is 2. The van der Waals surface area contributed by atoms with Crippen LogP contribution < -0.4 is 11.5 Å². The Hall–Kier alpha value is -2.72. The summed E-state index contributed by atoms with van der Waals surface area (Å²) < 4.78 is 13.4. The van der Waals surface area contributed by atoms with E-state index in [4.69, 9.17) is 30.6 Å². The number of ether oxygens (including phenoxy) is 2. The predicted molar refractivity (Wildman–Crippen MR) is 212 cm³/mol. The number of esters is 2. The van der Waals surface area contributed by atoms with E-state index in [1.165, 1.54) is 64.2 Å². The summed E-state index contributed by atoms with van der Waals surface area (Å²) in [6.45, 7) is 6.17. The fraction of sp³-hybridized carbons (Fsp3) is 0.818. The van der Waals surface area contributed by atoms with Gasteiger partial charge in [0.15, 0.2) is 0 Å². The van der Waals surface area contributed by atoms with E-state index >= 15 is 0 Å². The lowest BCUT2D eigenvalue weighted by molar-refractivity contribution is -0.211. The third kappa shape index (κ3) is 8.64. The van der Waals surface area contributed by atoms with Gasteiger partial charge in [0, 0.05) is 23.9 Å². The van der Waals surface area contributed by atoms with Crippen LogP contribution in [-0.2, 0) is 28.7 Å². The number of oxime groups is 2. The van der Waals surface area contributed by atoms with Crippen molar-refractivity contribution in [3.8, 4) is 0 Å². The lowest BCUT2D eigenvalue weighted by atomic mass is 9.57. The third-order valence-electron chi connectivity index (χ3n) is 15.6. The van der Waals surface area contributed by atoms with E-state index in [1.54, 1.807) is 12.4 Å². The first-order chi connectivity index (χ1) is 26.2. The molecular formula is C44H70N4O6. The summed E-state index contributed by atoms with van der Waals surface area (Å²) in [5.41, 5.74) is 9.05. The second-order valence-electron chi connectivity index (χ2n) is 18.2. The molecule has 4 N–H and O–H groups in total. The van der Waals surface area contributed by atoms with Crippen LogP contribution in [0.4, 0.5) is 0 Å². The van der Waals surface area contributed by atoms with Crippen LogP contribution in [0.5, 0.6) is 0 Å². The number of carbonyl (C=O) groups is 2. The van der Waals surface area contributed by atoms with Gasteiger partial charge in [0.25, 0.3) is 0 Å². The van der Waals surface area contributed by atoms with Gasteiger partial charge in [-0.25, -0.2) is 9.59 Å². The van der Waals surface area contributed by atoms with E-state index in [-0.39, 0.29) is 22.7 Å². The number of hydrogen-bond donors (Lipinski definition) is 2. The van der Waals surface area contributed by atoms with Gasteiger partial charge in [-0.3, -0.25) is 0 Å². The van der Waals surface area contributed by atoms with Crippen LogP contribution in [0.25, 0.3) is 0 Å². The van der Waals surface area contributed by atoms with Gasteiger partial charge in [-0.2, -0.15) is 0 Å². The third-order valence-corrected chi connectivity index (χ3v) is 15.6. The van der Waals surface area contributed by atoms with Crippen LogP contribution in [0.3, 0.4) is 0 Å². The molecular weight excluding hydrogens is 681 g/mol. The van der Waals surface area contributed by atoms with Gasteiger partial charge in [-0.05, 0) is 112 Å². The lowest BCUT2D eigenvalue weighted by Crippen LogP contribution is -2.56. The number of allylic oxidation sites excluding steroid dienone is 4. The maximum Gasteiger partial charge on any atom is 0.418 e. The van der Waals surface area contributed by atoms with Gasteiger partial charge in [0.2, 0.25) is 0 Å². The molecule has 0 spiro atoms. The topological polar surface area (TPSA) is 148 Å². The molecule has 10 heteroatoms. The summed E-state index contributed by atoms with van der Waals surface area (Å²) >= 11 is 0. The van der Waals surface area contributed by atoms with Crippen LogP contribution in [0.15, 0.2) is 34.6 Å². The second-order valence-corrected chi connectivity index (χ2v) is 18.2. The Labute approximate surface area is 324 Å². The average Bonchev–Trinajstić information content (AvgIpc) is 3.63. The maximum atomic E-state index is 14.3. The molecule has 302 valence electrons. The highest BCUT2D eigenvalue weighted by molar-refractivity contribution is 6.30. The number of carbonyl (C=O) groups excluding carboxylic acids is 2. The van der Waals surface area contributed by atoms with Crippen molar-refractivity contribution in [2.24, 2.45) is 68.1 Å². The van der Waals surface area contributed by atoms with Crippen LogP contribution in [0.2, 0.25) is 0 Å². The van der Waals surface area contributed by atoms with Crippen molar-refractivity contribution in [1.29, 1.82) is 0 Å². The van der Waals surface area contributed by atoms with Crippen molar-refractivity contribution >= 4 is 24.4 Å². The fourth-order valence-electron chi connectivity index (χ4n) is 12.4. The summed E-state index contributed by atoms with van der Waals surface area (Å²) in [4.78, 5) is 39.1. The average molecular weight is 751 g/mol. The molecule has 54 heavy (non-hydrogen) atoms. The molecule has 0 aromatic carbocycles. The highest BCUT2D eigenvalue weighted by Gasteiger charge is 2.65. The van der Waals surface area contributed by atoms with Crippen LogP contribution >= 0.6 is 0 Å². The summed E-state index contributed by atoms with van der Waals surface area (Å²) in [7, 11) is 0. The number of hydrogen-bond acceptors (Lipinski definition) is 10. The molecule has 6 aliphatic carbocycles. The highest BCUT2D eigenvalue weighted by atomic mass is 16.6. The molecule has 0 bridgehead atoms. The number of nitrogens with zero attached hydrogens (tertiary/aromatic N) is 2. The van der Waals surface area contributed by atoms with Crippen molar-refractivity contribution in [2.75, 3.05) is 26.3 Å². The van der Waals surface area contributed by atoms with Crippen molar-refractivity contribution in [3.63, 3.8) is 0 Å². The Kier molecular flexibility index (Phi) is 14.0. The number of nitrogens with two attached hydrogens (primary N) is 2. The minimum atomic E-state index is -0.799. The monoisotopic (exact) mass is 751 g/mol. The maximum absolute atomic E-state index is 14.3. The molecule has 0 amide bonds. The molecule has 0 radical (unpaired) electrons. The molecule has 0 aliphatic heterocycles. The molecule has 10 nitrogen and oxygen atoms in total. The first-order valence-electron chi connectivity index (χ1n) is 21.7. The van der Waals surface area contributed by atoms with Crippen LogP contribution in [-0.4, -0.2) is 61.9 Å². The van der Waals surface area contributed by atoms with Gasteiger partial charge in [0.05, 0.1) is 12.4 Å². The molecule has 6 aliphatic rings. The Morgan fingerprint density at radius 1 is 0.574 bits per heavy atom. The summed E-state index contributed by atoms with van der Waals surface area (Å²) in [6, 6.07) is 0. The molecule has 0 aromatic rings. The first-order valence-corrected chi connectivity index (χ1v) is 21.7. The summed E-state index contributed by atoms with van der Waals surface area (Å²) in [5, 5.41) is 8.02. The highest BCUT2D eigenvalue weighted by Crippen LogP contribution is 2.64. The zero-order chi connectivity index (χ0) is 38.1. The van der Waals surface area contributed by atoms with Gasteiger partial charge >= 0.3 is 11.9 Å². The van der Waals surface area contributed by atoms with Crippen molar-refractivity contribution in [2.45, 2.75) is 153 Å². The minimum Gasteiger partial charge on any atom is -0.450 e. The molecule has 0 unspecified atom stereocenters. The molecule has 0 saturated heterocycles. The normalized spacial score (nSPS) is 37.9. The van der Waals surface area contributed by atoms with Crippen molar-refractivity contribution in [3.05, 3.63) is 24.3 Å². The van der Waals surface area contributed by atoms with E-state index in [1.807, 2.05) is 12.2 Å². The lowest BCUT2D eigenvalue weighted by Gasteiger charge is -2.53. The number of rotatable bonds is 14. The van der Waals surface area contributed by atoms with Crippen LogP contribution in [0.1, 0.15) is 142 Å². The smallest absolute Gasteiger partial charge is 0.418 e. The molecule has 6 saturated carbocycles. The van der Waals surface area contributed by atoms with Gasteiger partial charge < -0.3 is 30.6 Å². The second kappa shape index (κ2) is 18.5. The Morgan fingerprint density at radius 3 is 1.37 bits per heavy atom. The van der Waals surface area contributed by atoms with E-state index in [0.29, 0.717) is 50.0 Å². The Bertz CT molecular complexity index is 1270. The van der Waals surface area contributed by atoms with Crippen molar-refractivity contribution in [1.82, 2.24) is 0 Å². The Balaban J connectivity index is 1.22. The summed E-state index contributed by atoms with van der Waals surface area (Å²) in [5.74, 6) is 1.10. The molecule has 0 heterocycles. The fourth-order valence-corrected chi connectivity index (χ4v) is 12.4. The molecule has 6 rings (SSSR count). The summed E-state index contributed by atoms with van der Waals surface area (Å²) in [6.07, 6.45) is 33.5. The van der Waals surface area contributed by atoms with Crippen molar-refractivity contribution < 1.29 is 28.7 Å².